The number of primary amides is 1. The van der Waals surface area contributed by atoms with Crippen LogP contribution in [0.3, 0.4) is 0 Å². The van der Waals surface area contributed by atoms with Gasteiger partial charge in [-0.3, -0.25) is 14.4 Å². The Balaban J connectivity index is 1.37. The summed E-state index contributed by atoms with van der Waals surface area (Å²) in [5, 5.41) is 7.70. The fourth-order valence-electron chi connectivity index (χ4n) is 4.39. The third-order valence-corrected chi connectivity index (χ3v) is 6.36. The van der Waals surface area contributed by atoms with Crippen molar-refractivity contribution >= 4 is 34.3 Å². The minimum Gasteiger partial charge on any atom is -0.369 e. The summed E-state index contributed by atoms with van der Waals surface area (Å²) in [4.78, 5) is 39.5. The first-order valence-electron chi connectivity index (χ1n) is 11.4. The van der Waals surface area contributed by atoms with Crippen LogP contribution in [0.1, 0.15) is 33.6 Å². The highest BCUT2D eigenvalue weighted by atomic mass is 16.5. The van der Waals surface area contributed by atoms with Crippen molar-refractivity contribution in [2.24, 2.45) is 11.7 Å². The van der Waals surface area contributed by atoms with Gasteiger partial charge in [-0.05, 0) is 43.2 Å². The van der Waals surface area contributed by atoms with Crippen LogP contribution in [0, 0.1) is 5.92 Å². The quantitative estimate of drug-likeness (QED) is 0.457. The first-order chi connectivity index (χ1) is 17.0. The van der Waals surface area contributed by atoms with E-state index >= 15 is 0 Å². The maximum Gasteiger partial charge on any atom is 0.255 e. The van der Waals surface area contributed by atoms with E-state index in [9.17, 15) is 14.4 Å². The van der Waals surface area contributed by atoms with Crippen molar-refractivity contribution in [2.45, 2.75) is 12.8 Å². The Kier molecular flexibility index (Phi) is 6.01. The Morgan fingerprint density at radius 1 is 0.943 bits per heavy atom. The van der Waals surface area contributed by atoms with Gasteiger partial charge in [0.25, 0.3) is 11.8 Å². The molecule has 4 aromatic rings. The molecular weight excluding hydrogens is 444 g/mol. The minimum atomic E-state index is -0.347. The van der Waals surface area contributed by atoms with Gasteiger partial charge >= 0.3 is 0 Å². The Morgan fingerprint density at radius 3 is 2.40 bits per heavy atom. The number of nitrogens with zero attached hydrogens (tertiary/aromatic N) is 2. The summed E-state index contributed by atoms with van der Waals surface area (Å²) in [7, 11) is 0. The molecule has 0 atom stereocenters. The molecule has 1 aliphatic rings. The van der Waals surface area contributed by atoms with E-state index in [4.69, 9.17) is 10.3 Å². The van der Waals surface area contributed by atoms with Crippen LogP contribution in [-0.4, -0.2) is 40.9 Å². The molecule has 8 nitrogen and oxygen atoms in total. The number of anilines is 1. The summed E-state index contributed by atoms with van der Waals surface area (Å²) in [6.45, 7) is 0.891. The van der Waals surface area contributed by atoms with Crippen LogP contribution in [0.5, 0.6) is 0 Å². The van der Waals surface area contributed by atoms with Crippen molar-refractivity contribution in [2.75, 3.05) is 18.4 Å². The van der Waals surface area contributed by atoms with Crippen LogP contribution in [0.25, 0.3) is 22.2 Å². The number of carbonyl (C=O) groups excluding carboxylic acids is 3. The average molecular weight is 469 g/mol. The molecule has 3 amide bonds. The largest absolute Gasteiger partial charge is 0.369 e. The van der Waals surface area contributed by atoms with E-state index < -0.39 is 0 Å². The van der Waals surface area contributed by atoms with Crippen molar-refractivity contribution in [1.82, 2.24) is 10.1 Å². The lowest BCUT2D eigenvalue weighted by Gasteiger charge is -2.31. The number of hydrogen-bond donors (Lipinski definition) is 2. The number of nitrogens with two attached hydrogens (primary N) is 1. The number of carbonyl (C=O) groups is 3. The van der Waals surface area contributed by atoms with Gasteiger partial charge in [0.1, 0.15) is 5.52 Å². The van der Waals surface area contributed by atoms with E-state index in [0.29, 0.717) is 54.0 Å². The normalized spacial score (nSPS) is 14.1. The summed E-state index contributed by atoms with van der Waals surface area (Å²) in [5.74, 6) is -0.485. The highest BCUT2D eigenvalue weighted by Gasteiger charge is 2.27. The number of para-hydroxylation sites is 1. The van der Waals surface area contributed by atoms with Crippen LogP contribution < -0.4 is 11.1 Å². The van der Waals surface area contributed by atoms with Crippen molar-refractivity contribution < 1.29 is 18.9 Å². The van der Waals surface area contributed by atoms with Gasteiger partial charge in [0.05, 0.1) is 16.6 Å². The Morgan fingerprint density at radius 2 is 1.66 bits per heavy atom. The standard InChI is InChI=1S/C27H24N4O4/c28-25(32)18-12-14-31(15-13-18)27(34)20-8-4-5-9-22(20)29-26(33)19-10-11-23-21(16-19)24(35-30-23)17-6-2-1-3-7-17/h1-11,16,18H,12-15H2,(H2,28,32)(H,29,33). The van der Waals surface area contributed by atoms with Gasteiger partial charge in [0.15, 0.2) is 5.76 Å². The Labute approximate surface area is 201 Å². The number of aromatic nitrogens is 1. The first-order valence-corrected chi connectivity index (χ1v) is 11.4. The minimum absolute atomic E-state index is 0.190. The van der Waals surface area contributed by atoms with Gasteiger partial charge in [-0.15, -0.1) is 0 Å². The van der Waals surface area contributed by atoms with E-state index in [0.717, 1.165) is 10.9 Å². The summed E-state index contributed by atoms with van der Waals surface area (Å²) < 4.78 is 5.53. The van der Waals surface area contributed by atoms with Crippen molar-refractivity contribution in [1.29, 1.82) is 0 Å². The van der Waals surface area contributed by atoms with E-state index in [1.807, 2.05) is 30.3 Å². The highest BCUT2D eigenvalue weighted by molar-refractivity contribution is 6.10. The van der Waals surface area contributed by atoms with Crippen LogP contribution in [-0.2, 0) is 4.79 Å². The van der Waals surface area contributed by atoms with Gasteiger partial charge in [-0.2, -0.15) is 0 Å². The number of fused-ring (bicyclic) bond motifs is 1. The van der Waals surface area contributed by atoms with E-state index in [-0.39, 0.29) is 23.6 Å². The Hall–Kier alpha value is -4.46. The first kappa shape index (κ1) is 22.3. The smallest absolute Gasteiger partial charge is 0.255 e. The molecule has 176 valence electrons. The second-order valence-electron chi connectivity index (χ2n) is 8.58. The molecule has 0 unspecified atom stereocenters. The number of piperidine rings is 1. The van der Waals surface area contributed by atoms with Gasteiger partial charge in [-0.25, -0.2) is 0 Å². The second kappa shape index (κ2) is 9.42. The molecule has 0 spiro atoms. The van der Waals surface area contributed by atoms with Gasteiger partial charge in [-0.1, -0.05) is 47.6 Å². The van der Waals surface area contributed by atoms with Gasteiger partial charge < -0.3 is 20.5 Å². The predicted octanol–water partition coefficient (Wildman–Crippen LogP) is 4.08. The maximum atomic E-state index is 13.2. The van der Waals surface area contributed by atoms with Crippen molar-refractivity contribution in [3.05, 3.63) is 83.9 Å². The van der Waals surface area contributed by atoms with Crippen molar-refractivity contribution in [3.8, 4) is 11.3 Å². The van der Waals surface area contributed by atoms with Crippen LogP contribution in [0.15, 0.2) is 77.3 Å². The van der Waals surface area contributed by atoms with Crippen LogP contribution >= 0.6 is 0 Å². The topological polar surface area (TPSA) is 119 Å². The SMILES string of the molecule is NC(=O)C1CCN(C(=O)c2ccccc2NC(=O)c2ccc3noc(-c4ccccc4)c3c2)CC1. The third kappa shape index (κ3) is 4.50. The summed E-state index contributed by atoms with van der Waals surface area (Å²) in [6.07, 6.45) is 1.08. The molecule has 2 heterocycles. The number of hydrogen-bond acceptors (Lipinski definition) is 5. The number of likely N-dealkylation sites (tertiary alicyclic amines) is 1. The lowest BCUT2D eigenvalue weighted by Crippen LogP contribution is -2.42. The molecule has 0 radical (unpaired) electrons. The summed E-state index contributed by atoms with van der Waals surface area (Å²) in [6, 6.07) is 21.6. The zero-order valence-corrected chi connectivity index (χ0v) is 18.9. The molecule has 1 aromatic heterocycles. The molecule has 0 aliphatic carbocycles. The van der Waals surface area contributed by atoms with E-state index in [1.54, 1.807) is 47.4 Å². The molecule has 3 N–H and O–H groups in total. The van der Waals surface area contributed by atoms with E-state index in [1.165, 1.54) is 0 Å². The lowest BCUT2D eigenvalue weighted by atomic mass is 9.95. The van der Waals surface area contributed by atoms with Gasteiger partial charge in [0, 0.05) is 30.1 Å². The molecule has 1 saturated heterocycles. The zero-order chi connectivity index (χ0) is 24.4. The van der Waals surface area contributed by atoms with Crippen molar-refractivity contribution in [3.63, 3.8) is 0 Å². The molecular formula is C27H24N4O4. The Bertz CT molecular complexity index is 1410. The lowest BCUT2D eigenvalue weighted by molar-refractivity contribution is -0.123. The number of nitrogens with one attached hydrogen (secondary N) is 1. The number of rotatable bonds is 5. The fraction of sp³-hybridized carbons (Fsp3) is 0.185. The molecule has 35 heavy (non-hydrogen) atoms. The number of benzene rings is 3. The van der Waals surface area contributed by atoms with E-state index in [2.05, 4.69) is 10.5 Å². The fourth-order valence-corrected chi connectivity index (χ4v) is 4.39. The second-order valence-corrected chi connectivity index (χ2v) is 8.58. The predicted molar refractivity (Wildman–Crippen MR) is 132 cm³/mol. The van der Waals surface area contributed by atoms with Crippen LogP contribution in [0.4, 0.5) is 5.69 Å². The molecule has 1 fully saturated rings. The summed E-state index contributed by atoms with van der Waals surface area (Å²) >= 11 is 0. The highest BCUT2D eigenvalue weighted by Crippen LogP contribution is 2.30. The molecule has 5 rings (SSSR count). The monoisotopic (exact) mass is 468 g/mol. The zero-order valence-electron chi connectivity index (χ0n) is 18.9. The maximum absolute atomic E-state index is 13.2. The third-order valence-electron chi connectivity index (χ3n) is 6.36. The number of amides is 3. The molecule has 0 bridgehead atoms. The van der Waals surface area contributed by atoms with Crippen LogP contribution in [0.2, 0.25) is 0 Å². The molecule has 0 saturated carbocycles. The average Bonchev–Trinajstić information content (AvgIpc) is 3.32. The summed E-state index contributed by atoms with van der Waals surface area (Å²) in [5.41, 5.74) is 8.16. The molecule has 3 aromatic carbocycles. The molecule has 1 aliphatic heterocycles. The van der Waals surface area contributed by atoms with Gasteiger partial charge in [0.2, 0.25) is 5.91 Å². The molecule has 8 heteroatoms.